The lowest BCUT2D eigenvalue weighted by molar-refractivity contribution is -0.120. The van der Waals surface area contributed by atoms with Gasteiger partial charge in [-0.25, -0.2) is 5.43 Å². The smallest absolute Gasteiger partial charge is 0.244 e. The SMILES string of the molecule is O=C(Cc1ccc(Cl)cc1)N/N=C/c1ccc(Br)o1. The Morgan fingerprint density at radius 2 is 2.05 bits per heavy atom. The standard InChI is InChI=1S/C13H10BrClN2O2/c14-12-6-5-11(19-12)8-16-17-13(18)7-9-1-3-10(15)4-2-9/h1-6,8H,7H2,(H,17,18)/b16-8+. The van der Waals surface area contributed by atoms with Crippen LogP contribution in [0.15, 0.2) is 50.6 Å². The van der Waals surface area contributed by atoms with E-state index in [9.17, 15) is 4.79 Å². The third kappa shape index (κ3) is 4.54. The van der Waals surface area contributed by atoms with E-state index in [1.165, 1.54) is 6.21 Å². The summed E-state index contributed by atoms with van der Waals surface area (Å²) in [5.41, 5.74) is 3.30. The van der Waals surface area contributed by atoms with Gasteiger partial charge in [-0.2, -0.15) is 5.10 Å². The summed E-state index contributed by atoms with van der Waals surface area (Å²) in [6, 6.07) is 10.6. The van der Waals surface area contributed by atoms with Crippen LogP contribution in [0.1, 0.15) is 11.3 Å². The van der Waals surface area contributed by atoms with Crippen LogP contribution in [0.5, 0.6) is 0 Å². The third-order valence-electron chi connectivity index (χ3n) is 2.25. The summed E-state index contributed by atoms with van der Waals surface area (Å²) in [5.74, 6) is 0.350. The fraction of sp³-hybridized carbons (Fsp3) is 0.0769. The summed E-state index contributed by atoms with van der Waals surface area (Å²) in [7, 11) is 0. The first-order valence-electron chi connectivity index (χ1n) is 5.45. The number of carbonyl (C=O) groups is 1. The lowest BCUT2D eigenvalue weighted by Crippen LogP contribution is -2.19. The second-order valence-electron chi connectivity index (χ2n) is 3.74. The molecule has 2 rings (SSSR count). The van der Waals surface area contributed by atoms with Crippen LogP contribution in [0.4, 0.5) is 0 Å². The number of hydrogen-bond acceptors (Lipinski definition) is 3. The van der Waals surface area contributed by atoms with Crippen LogP contribution in [0, 0.1) is 0 Å². The summed E-state index contributed by atoms with van der Waals surface area (Å²) in [6.07, 6.45) is 1.68. The molecule has 2 aromatic rings. The maximum absolute atomic E-state index is 11.6. The Morgan fingerprint density at radius 3 is 2.68 bits per heavy atom. The van der Waals surface area contributed by atoms with Crippen LogP contribution in [0.2, 0.25) is 5.02 Å². The van der Waals surface area contributed by atoms with E-state index in [1.807, 2.05) is 0 Å². The number of nitrogens with one attached hydrogen (secondary N) is 1. The quantitative estimate of drug-likeness (QED) is 0.684. The third-order valence-corrected chi connectivity index (χ3v) is 2.93. The topological polar surface area (TPSA) is 54.6 Å². The Balaban J connectivity index is 1.84. The van der Waals surface area contributed by atoms with E-state index in [0.717, 1.165) is 5.56 Å². The second-order valence-corrected chi connectivity index (χ2v) is 4.96. The lowest BCUT2D eigenvalue weighted by atomic mass is 10.1. The lowest BCUT2D eigenvalue weighted by Gasteiger charge is -2.00. The van der Waals surface area contributed by atoms with Gasteiger partial charge in [0.15, 0.2) is 4.67 Å². The van der Waals surface area contributed by atoms with Crippen molar-refractivity contribution in [3.63, 3.8) is 0 Å². The van der Waals surface area contributed by atoms with Gasteiger partial charge in [0, 0.05) is 5.02 Å². The van der Waals surface area contributed by atoms with E-state index >= 15 is 0 Å². The summed E-state index contributed by atoms with van der Waals surface area (Å²) in [4.78, 5) is 11.6. The molecule has 98 valence electrons. The van der Waals surface area contributed by atoms with Crippen molar-refractivity contribution in [2.45, 2.75) is 6.42 Å². The van der Waals surface area contributed by atoms with Crippen molar-refractivity contribution in [3.8, 4) is 0 Å². The first kappa shape index (κ1) is 13.8. The molecule has 1 amide bonds. The molecule has 1 aromatic heterocycles. The van der Waals surface area contributed by atoms with Crippen molar-refractivity contribution in [2.75, 3.05) is 0 Å². The zero-order chi connectivity index (χ0) is 13.7. The summed E-state index contributed by atoms with van der Waals surface area (Å²) < 4.78 is 5.81. The normalized spacial score (nSPS) is 10.8. The summed E-state index contributed by atoms with van der Waals surface area (Å²) >= 11 is 8.94. The molecule has 1 N–H and O–H groups in total. The highest BCUT2D eigenvalue weighted by molar-refractivity contribution is 9.10. The Labute approximate surface area is 123 Å². The zero-order valence-corrected chi connectivity index (χ0v) is 12.1. The van der Waals surface area contributed by atoms with Crippen molar-refractivity contribution in [1.82, 2.24) is 5.43 Å². The minimum Gasteiger partial charge on any atom is -0.448 e. The highest BCUT2D eigenvalue weighted by atomic mass is 79.9. The van der Waals surface area contributed by atoms with Crippen molar-refractivity contribution in [1.29, 1.82) is 0 Å². The van der Waals surface area contributed by atoms with E-state index in [0.29, 0.717) is 15.5 Å². The molecule has 0 aliphatic rings. The molecule has 0 radical (unpaired) electrons. The minimum absolute atomic E-state index is 0.204. The van der Waals surface area contributed by atoms with Crippen LogP contribution < -0.4 is 5.43 Å². The van der Waals surface area contributed by atoms with Gasteiger partial charge in [0.2, 0.25) is 5.91 Å². The van der Waals surface area contributed by atoms with Gasteiger partial charge in [-0.15, -0.1) is 0 Å². The molecule has 0 spiro atoms. The zero-order valence-electron chi connectivity index (χ0n) is 9.77. The number of halogens is 2. The molecule has 19 heavy (non-hydrogen) atoms. The molecule has 0 bridgehead atoms. The molecule has 1 heterocycles. The van der Waals surface area contributed by atoms with Crippen LogP contribution in [-0.4, -0.2) is 12.1 Å². The number of nitrogens with zero attached hydrogens (tertiary/aromatic N) is 1. The van der Waals surface area contributed by atoms with Gasteiger partial charge in [0.25, 0.3) is 0 Å². The Hall–Kier alpha value is -1.59. The maximum Gasteiger partial charge on any atom is 0.244 e. The molecule has 0 aliphatic carbocycles. The molecule has 0 fully saturated rings. The Morgan fingerprint density at radius 1 is 1.32 bits per heavy atom. The van der Waals surface area contributed by atoms with E-state index in [4.69, 9.17) is 16.0 Å². The molecule has 4 nitrogen and oxygen atoms in total. The van der Waals surface area contributed by atoms with E-state index in [1.54, 1.807) is 36.4 Å². The molecule has 0 aliphatic heterocycles. The van der Waals surface area contributed by atoms with Crippen molar-refractivity contribution >= 4 is 39.7 Å². The van der Waals surface area contributed by atoms with Crippen molar-refractivity contribution in [3.05, 3.63) is 57.4 Å². The van der Waals surface area contributed by atoms with Crippen LogP contribution in [-0.2, 0) is 11.2 Å². The highest BCUT2D eigenvalue weighted by Gasteiger charge is 2.02. The molecule has 1 aromatic carbocycles. The van der Waals surface area contributed by atoms with Crippen molar-refractivity contribution in [2.24, 2.45) is 5.10 Å². The maximum atomic E-state index is 11.6. The van der Waals surface area contributed by atoms with Gasteiger partial charge in [-0.3, -0.25) is 4.79 Å². The average Bonchev–Trinajstić information content (AvgIpc) is 2.78. The fourth-order valence-corrected chi connectivity index (χ4v) is 1.84. The number of benzene rings is 1. The summed E-state index contributed by atoms with van der Waals surface area (Å²) in [6.45, 7) is 0. The fourth-order valence-electron chi connectivity index (χ4n) is 1.39. The second kappa shape index (κ2) is 6.54. The van der Waals surface area contributed by atoms with Gasteiger partial charge in [0.05, 0.1) is 12.6 Å². The largest absolute Gasteiger partial charge is 0.448 e. The van der Waals surface area contributed by atoms with E-state index in [-0.39, 0.29) is 12.3 Å². The predicted octanol–water partition coefficient (Wildman–Crippen LogP) is 3.39. The summed E-state index contributed by atoms with van der Waals surface area (Å²) in [5, 5.41) is 4.45. The number of hydrogen-bond donors (Lipinski definition) is 1. The molecule has 6 heteroatoms. The molecular formula is C13H10BrClN2O2. The predicted molar refractivity (Wildman–Crippen MR) is 77.3 cm³/mol. The van der Waals surface area contributed by atoms with E-state index in [2.05, 4.69) is 26.5 Å². The molecule has 0 unspecified atom stereocenters. The number of carbonyl (C=O) groups excluding carboxylic acids is 1. The highest BCUT2D eigenvalue weighted by Crippen LogP contribution is 2.12. The number of furan rings is 1. The van der Waals surface area contributed by atoms with Gasteiger partial charge in [0.1, 0.15) is 5.76 Å². The Kier molecular flexibility index (Phi) is 4.76. The van der Waals surface area contributed by atoms with Crippen LogP contribution >= 0.6 is 27.5 Å². The van der Waals surface area contributed by atoms with Gasteiger partial charge in [-0.05, 0) is 45.8 Å². The first-order chi connectivity index (χ1) is 9.13. The first-order valence-corrected chi connectivity index (χ1v) is 6.62. The Bertz CT molecular complexity index is 593. The minimum atomic E-state index is -0.204. The van der Waals surface area contributed by atoms with Crippen molar-refractivity contribution < 1.29 is 9.21 Å². The molecular weight excluding hydrogens is 332 g/mol. The number of rotatable bonds is 4. The monoisotopic (exact) mass is 340 g/mol. The number of amides is 1. The van der Waals surface area contributed by atoms with Gasteiger partial charge >= 0.3 is 0 Å². The van der Waals surface area contributed by atoms with Crippen LogP contribution in [0.3, 0.4) is 0 Å². The van der Waals surface area contributed by atoms with E-state index < -0.39 is 0 Å². The molecule has 0 saturated heterocycles. The number of hydrazone groups is 1. The average molecular weight is 342 g/mol. The molecule has 0 saturated carbocycles. The van der Waals surface area contributed by atoms with Crippen LogP contribution in [0.25, 0.3) is 0 Å². The van der Waals surface area contributed by atoms with Gasteiger partial charge < -0.3 is 4.42 Å². The van der Waals surface area contributed by atoms with Gasteiger partial charge in [-0.1, -0.05) is 23.7 Å². The molecule has 0 atom stereocenters.